The van der Waals surface area contributed by atoms with Crippen molar-refractivity contribution in [1.29, 1.82) is 0 Å². The van der Waals surface area contributed by atoms with Crippen molar-refractivity contribution in [3.8, 4) is 0 Å². The van der Waals surface area contributed by atoms with Crippen molar-refractivity contribution < 1.29 is 4.42 Å². The number of fused-ring (bicyclic) bond motifs is 1. The highest BCUT2D eigenvalue weighted by atomic mass is 16.3. The number of piperidine rings is 1. The molecule has 1 unspecified atom stereocenters. The highest BCUT2D eigenvalue weighted by Crippen LogP contribution is 2.30. The van der Waals surface area contributed by atoms with E-state index in [0.29, 0.717) is 12.0 Å². The van der Waals surface area contributed by atoms with Crippen molar-refractivity contribution in [3.05, 3.63) is 29.7 Å². The van der Waals surface area contributed by atoms with Crippen LogP contribution in [0.5, 0.6) is 0 Å². The van der Waals surface area contributed by atoms with Gasteiger partial charge in [-0.05, 0) is 57.0 Å². The summed E-state index contributed by atoms with van der Waals surface area (Å²) in [5, 5.41) is 0. The summed E-state index contributed by atoms with van der Waals surface area (Å²) in [4.78, 5) is 7.19. The zero-order valence-corrected chi connectivity index (χ0v) is 13.0. The summed E-state index contributed by atoms with van der Waals surface area (Å²) < 4.78 is 5.97. The van der Waals surface area contributed by atoms with E-state index < -0.39 is 0 Å². The maximum absolute atomic E-state index is 5.97. The Labute approximate surface area is 126 Å². The second-order valence-corrected chi connectivity index (χ2v) is 6.10. The summed E-state index contributed by atoms with van der Waals surface area (Å²) in [6, 6.07) is 6.80. The SMILES string of the molecule is CCc1ccc2oc(C3CCN(C(C)CN)CC3)nc2c1. The Morgan fingerprint density at radius 1 is 1.38 bits per heavy atom. The van der Waals surface area contributed by atoms with Gasteiger partial charge in [-0.15, -0.1) is 0 Å². The Morgan fingerprint density at radius 3 is 2.81 bits per heavy atom. The molecule has 0 bridgehead atoms. The largest absolute Gasteiger partial charge is 0.440 e. The van der Waals surface area contributed by atoms with Crippen LogP contribution < -0.4 is 5.73 Å². The molecule has 21 heavy (non-hydrogen) atoms. The molecule has 2 aromatic rings. The fourth-order valence-corrected chi connectivity index (χ4v) is 3.12. The van der Waals surface area contributed by atoms with Crippen LogP contribution in [-0.2, 0) is 6.42 Å². The minimum absolute atomic E-state index is 0.448. The molecule has 2 heterocycles. The van der Waals surface area contributed by atoms with Crippen LogP contribution >= 0.6 is 0 Å². The Bertz CT molecular complexity index is 599. The zero-order valence-electron chi connectivity index (χ0n) is 13.0. The average Bonchev–Trinajstić information content (AvgIpc) is 2.97. The number of likely N-dealkylation sites (tertiary alicyclic amines) is 1. The molecular formula is C17H25N3O. The van der Waals surface area contributed by atoms with Gasteiger partial charge in [0, 0.05) is 18.5 Å². The van der Waals surface area contributed by atoms with Crippen LogP contribution in [0.2, 0.25) is 0 Å². The highest BCUT2D eigenvalue weighted by molar-refractivity contribution is 5.73. The van der Waals surface area contributed by atoms with Crippen LogP contribution in [0.15, 0.2) is 22.6 Å². The molecule has 114 valence electrons. The van der Waals surface area contributed by atoms with Crippen molar-refractivity contribution in [3.63, 3.8) is 0 Å². The lowest BCUT2D eigenvalue weighted by molar-refractivity contribution is 0.158. The summed E-state index contributed by atoms with van der Waals surface area (Å²) >= 11 is 0. The molecule has 1 atom stereocenters. The van der Waals surface area contributed by atoms with E-state index in [1.54, 1.807) is 0 Å². The number of aryl methyl sites for hydroxylation is 1. The molecule has 0 saturated carbocycles. The molecule has 1 saturated heterocycles. The number of nitrogens with zero attached hydrogens (tertiary/aromatic N) is 2. The standard InChI is InChI=1S/C17H25N3O/c1-3-13-4-5-16-15(10-13)19-17(21-16)14-6-8-20(9-7-14)12(2)11-18/h4-5,10,12,14H,3,6-9,11,18H2,1-2H3. The molecule has 3 rings (SSSR count). The van der Waals surface area contributed by atoms with Gasteiger partial charge in [0.1, 0.15) is 5.52 Å². The number of benzene rings is 1. The number of nitrogens with two attached hydrogens (primary N) is 1. The van der Waals surface area contributed by atoms with Gasteiger partial charge in [-0.25, -0.2) is 4.98 Å². The van der Waals surface area contributed by atoms with E-state index in [2.05, 4.69) is 36.9 Å². The smallest absolute Gasteiger partial charge is 0.198 e. The van der Waals surface area contributed by atoms with Crippen LogP contribution in [0.25, 0.3) is 11.1 Å². The van der Waals surface area contributed by atoms with Gasteiger partial charge in [-0.1, -0.05) is 13.0 Å². The maximum atomic E-state index is 5.97. The lowest BCUT2D eigenvalue weighted by Crippen LogP contribution is -2.43. The number of hydrogen-bond acceptors (Lipinski definition) is 4. The van der Waals surface area contributed by atoms with Crippen molar-refractivity contribution in [2.45, 2.75) is 45.1 Å². The van der Waals surface area contributed by atoms with Crippen molar-refractivity contribution in [2.75, 3.05) is 19.6 Å². The molecular weight excluding hydrogens is 262 g/mol. The van der Waals surface area contributed by atoms with E-state index >= 15 is 0 Å². The summed E-state index contributed by atoms with van der Waals surface area (Å²) in [5.74, 6) is 1.36. The minimum Gasteiger partial charge on any atom is -0.440 e. The maximum Gasteiger partial charge on any atom is 0.198 e. The summed E-state index contributed by atoms with van der Waals surface area (Å²) in [5.41, 5.74) is 8.99. The zero-order chi connectivity index (χ0) is 14.8. The Morgan fingerprint density at radius 2 is 2.14 bits per heavy atom. The number of rotatable bonds is 4. The molecule has 4 nitrogen and oxygen atoms in total. The Hall–Kier alpha value is -1.39. The first-order chi connectivity index (χ1) is 10.2. The molecule has 1 fully saturated rings. The highest BCUT2D eigenvalue weighted by Gasteiger charge is 2.26. The number of hydrogen-bond donors (Lipinski definition) is 1. The minimum atomic E-state index is 0.448. The molecule has 1 aromatic carbocycles. The molecule has 2 N–H and O–H groups in total. The molecule has 0 aliphatic carbocycles. The first kappa shape index (κ1) is 14.5. The molecule has 1 aliphatic heterocycles. The molecule has 1 aromatic heterocycles. The molecule has 0 spiro atoms. The predicted octanol–water partition coefficient (Wildman–Crippen LogP) is 2.92. The second kappa shape index (κ2) is 6.16. The quantitative estimate of drug-likeness (QED) is 0.939. The summed E-state index contributed by atoms with van der Waals surface area (Å²) in [7, 11) is 0. The van der Waals surface area contributed by atoms with Gasteiger partial charge in [-0.3, -0.25) is 4.90 Å². The first-order valence-electron chi connectivity index (χ1n) is 8.04. The molecule has 0 amide bonds. The van der Waals surface area contributed by atoms with Crippen LogP contribution in [0.4, 0.5) is 0 Å². The van der Waals surface area contributed by atoms with E-state index in [1.807, 2.05) is 0 Å². The fraction of sp³-hybridized carbons (Fsp3) is 0.588. The third kappa shape index (κ3) is 2.97. The lowest BCUT2D eigenvalue weighted by atomic mass is 9.96. The molecule has 1 aliphatic rings. The van der Waals surface area contributed by atoms with Gasteiger partial charge >= 0.3 is 0 Å². The van der Waals surface area contributed by atoms with E-state index in [1.165, 1.54) is 5.56 Å². The monoisotopic (exact) mass is 287 g/mol. The predicted molar refractivity (Wildman–Crippen MR) is 85.5 cm³/mol. The lowest BCUT2D eigenvalue weighted by Gasteiger charge is -2.34. The van der Waals surface area contributed by atoms with E-state index in [9.17, 15) is 0 Å². The summed E-state index contributed by atoms with van der Waals surface area (Å²) in [6.45, 7) is 7.26. The topological polar surface area (TPSA) is 55.3 Å². The number of aromatic nitrogens is 1. The van der Waals surface area contributed by atoms with Gasteiger partial charge in [0.15, 0.2) is 11.5 Å². The van der Waals surface area contributed by atoms with Crippen molar-refractivity contribution >= 4 is 11.1 Å². The third-order valence-electron chi connectivity index (χ3n) is 4.72. The third-order valence-corrected chi connectivity index (χ3v) is 4.72. The molecule has 0 radical (unpaired) electrons. The van der Waals surface area contributed by atoms with E-state index in [-0.39, 0.29) is 0 Å². The first-order valence-corrected chi connectivity index (χ1v) is 8.04. The normalized spacial score (nSPS) is 19.2. The van der Waals surface area contributed by atoms with Gasteiger partial charge in [0.05, 0.1) is 0 Å². The van der Waals surface area contributed by atoms with Gasteiger partial charge in [0.2, 0.25) is 0 Å². The van der Waals surface area contributed by atoms with Crippen LogP contribution in [0.3, 0.4) is 0 Å². The number of oxazole rings is 1. The van der Waals surface area contributed by atoms with Gasteiger partial charge in [0.25, 0.3) is 0 Å². The Kier molecular flexibility index (Phi) is 4.27. The summed E-state index contributed by atoms with van der Waals surface area (Å²) in [6.07, 6.45) is 3.25. The van der Waals surface area contributed by atoms with Crippen LogP contribution in [-0.4, -0.2) is 35.6 Å². The van der Waals surface area contributed by atoms with Gasteiger partial charge < -0.3 is 10.2 Å². The van der Waals surface area contributed by atoms with E-state index in [0.717, 1.165) is 55.9 Å². The molecule has 4 heteroatoms. The second-order valence-electron chi connectivity index (χ2n) is 6.10. The van der Waals surface area contributed by atoms with Crippen LogP contribution in [0.1, 0.15) is 44.1 Å². The average molecular weight is 287 g/mol. The van der Waals surface area contributed by atoms with Crippen molar-refractivity contribution in [1.82, 2.24) is 9.88 Å². The Balaban J connectivity index is 1.73. The van der Waals surface area contributed by atoms with Crippen LogP contribution in [0, 0.1) is 0 Å². The van der Waals surface area contributed by atoms with E-state index in [4.69, 9.17) is 15.1 Å². The van der Waals surface area contributed by atoms with Gasteiger partial charge in [-0.2, -0.15) is 0 Å². The fourth-order valence-electron chi connectivity index (χ4n) is 3.12. The van der Waals surface area contributed by atoms with Crippen molar-refractivity contribution in [2.24, 2.45) is 5.73 Å².